The first-order chi connectivity index (χ1) is 14.4. The number of halogens is 2. The topological polar surface area (TPSA) is 67.2 Å². The van der Waals surface area contributed by atoms with Crippen molar-refractivity contribution in [1.29, 1.82) is 0 Å². The first-order valence-electron chi connectivity index (χ1n) is 8.94. The van der Waals surface area contributed by atoms with Gasteiger partial charge in [0.05, 0.1) is 5.02 Å². The third-order valence-corrected chi connectivity index (χ3v) is 5.02. The van der Waals surface area contributed by atoms with Crippen molar-refractivity contribution in [2.24, 2.45) is 0 Å². The minimum absolute atomic E-state index is 0.185. The number of thiocarbonyl (C=S) groups is 1. The molecule has 0 spiro atoms. The van der Waals surface area contributed by atoms with Crippen LogP contribution in [0.4, 0.5) is 5.69 Å². The van der Waals surface area contributed by atoms with Crippen LogP contribution in [0.3, 0.4) is 0 Å². The summed E-state index contributed by atoms with van der Waals surface area (Å²) in [7, 11) is 0. The molecule has 0 saturated heterocycles. The Kier molecular flexibility index (Phi) is 5.72. The van der Waals surface area contributed by atoms with Crippen LogP contribution >= 0.6 is 35.4 Å². The number of fused-ring (bicyclic) bond motifs is 1. The number of nitrogens with zero attached hydrogens (tertiary/aromatic N) is 1. The van der Waals surface area contributed by atoms with Gasteiger partial charge in [-0.1, -0.05) is 47.0 Å². The van der Waals surface area contributed by atoms with Gasteiger partial charge < -0.3 is 9.73 Å². The average Bonchev–Trinajstić information content (AvgIpc) is 3.13. The number of aromatic nitrogens is 1. The second-order valence-corrected chi connectivity index (χ2v) is 7.86. The summed E-state index contributed by atoms with van der Waals surface area (Å²) in [6, 6.07) is 17.8. The van der Waals surface area contributed by atoms with E-state index in [-0.39, 0.29) is 11.0 Å². The van der Waals surface area contributed by atoms with Crippen LogP contribution in [0.15, 0.2) is 65.1 Å². The molecule has 0 saturated carbocycles. The monoisotopic (exact) mass is 455 g/mol. The maximum Gasteiger partial charge on any atom is 0.257 e. The van der Waals surface area contributed by atoms with Crippen molar-refractivity contribution in [1.82, 2.24) is 10.3 Å². The van der Waals surface area contributed by atoms with Crippen molar-refractivity contribution in [3.05, 3.63) is 81.8 Å². The minimum atomic E-state index is -0.283. The number of carbonyl (C=O) groups is 1. The molecular formula is C22H15Cl2N3O2S. The normalized spacial score (nSPS) is 10.8. The SMILES string of the molecule is Cc1ccc(C(=O)NC(=S)Nc2cccc(-c3nc4cc(Cl)cc(Cl)c4o3)c2)cc1. The summed E-state index contributed by atoms with van der Waals surface area (Å²) in [5, 5.41) is 6.73. The molecule has 8 heteroatoms. The van der Waals surface area contributed by atoms with Crippen molar-refractivity contribution in [3.63, 3.8) is 0 Å². The molecule has 0 aliphatic rings. The van der Waals surface area contributed by atoms with Crippen LogP contribution in [-0.4, -0.2) is 16.0 Å². The molecule has 4 aromatic rings. The standard InChI is InChI=1S/C22H15Cl2N3O2S/c1-12-5-7-13(8-6-12)20(28)27-22(30)25-16-4-2-3-14(9-16)21-26-18-11-15(23)10-17(24)19(18)29-21/h2-11H,1H3,(H2,25,27,28,30). The van der Waals surface area contributed by atoms with Crippen molar-refractivity contribution >= 4 is 63.2 Å². The number of rotatable bonds is 3. The number of amides is 1. The Hall–Kier alpha value is -2.93. The highest BCUT2D eigenvalue weighted by atomic mass is 35.5. The zero-order chi connectivity index (χ0) is 21.3. The lowest BCUT2D eigenvalue weighted by Crippen LogP contribution is -2.34. The highest BCUT2D eigenvalue weighted by Crippen LogP contribution is 2.32. The number of hydrogen-bond acceptors (Lipinski definition) is 4. The third-order valence-electron chi connectivity index (χ3n) is 4.32. The van der Waals surface area contributed by atoms with E-state index in [1.165, 1.54) is 0 Å². The zero-order valence-electron chi connectivity index (χ0n) is 15.7. The molecule has 0 unspecified atom stereocenters. The molecule has 0 radical (unpaired) electrons. The molecular weight excluding hydrogens is 441 g/mol. The number of carbonyl (C=O) groups excluding carboxylic acids is 1. The smallest absolute Gasteiger partial charge is 0.257 e. The van der Waals surface area contributed by atoms with Gasteiger partial charge in [0.1, 0.15) is 5.52 Å². The van der Waals surface area contributed by atoms with Gasteiger partial charge in [0.25, 0.3) is 5.91 Å². The van der Waals surface area contributed by atoms with Crippen molar-refractivity contribution in [3.8, 4) is 11.5 Å². The largest absolute Gasteiger partial charge is 0.435 e. The first kappa shape index (κ1) is 20.3. The Morgan fingerprint density at radius 3 is 2.60 bits per heavy atom. The first-order valence-corrected chi connectivity index (χ1v) is 10.1. The lowest BCUT2D eigenvalue weighted by atomic mass is 10.1. The molecule has 0 aliphatic heterocycles. The Bertz CT molecular complexity index is 1270. The maximum atomic E-state index is 12.3. The summed E-state index contributed by atoms with van der Waals surface area (Å²) in [6.07, 6.45) is 0. The quantitative estimate of drug-likeness (QED) is 0.358. The highest BCUT2D eigenvalue weighted by Gasteiger charge is 2.13. The molecule has 0 atom stereocenters. The van der Waals surface area contributed by atoms with Gasteiger partial charge in [-0.2, -0.15) is 0 Å². The summed E-state index contributed by atoms with van der Waals surface area (Å²) < 4.78 is 5.80. The molecule has 2 N–H and O–H groups in total. The average molecular weight is 456 g/mol. The molecule has 150 valence electrons. The van der Waals surface area contributed by atoms with Gasteiger partial charge in [0.15, 0.2) is 10.7 Å². The van der Waals surface area contributed by atoms with E-state index in [4.69, 9.17) is 39.8 Å². The summed E-state index contributed by atoms with van der Waals surface area (Å²) >= 11 is 17.5. The lowest BCUT2D eigenvalue weighted by molar-refractivity contribution is 0.0977. The van der Waals surface area contributed by atoms with E-state index >= 15 is 0 Å². The predicted molar refractivity (Wildman–Crippen MR) is 124 cm³/mol. The Morgan fingerprint density at radius 2 is 1.83 bits per heavy atom. The lowest BCUT2D eigenvalue weighted by Gasteiger charge is -2.10. The molecule has 1 heterocycles. The van der Waals surface area contributed by atoms with Crippen LogP contribution in [0.1, 0.15) is 15.9 Å². The predicted octanol–water partition coefficient (Wildman–Crippen LogP) is 6.24. The Labute approximate surface area is 188 Å². The van der Waals surface area contributed by atoms with Crippen molar-refractivity contribution < 1.29 is 9.21 Å². The van der Waals surface area contributed by atoms with Gasteiger partial charge in [-0.3, -0.25) is 10.1 Å². The zero-order valence-corrected chi connectivity index (χ0v) is 18.0. The van der Waals surface area contributed by atoms with E-state index in [1.807, 2.05) is 43.3 Å². The van der Waals surface area contributed by atoms with Gasteiger partial charge in [0, 0.05) is 21.8 Å². The molecule has 0 aliphatic carbocycles. The van der Waals surface area contributed by atoms with E-state index in [9.17, 15) is 4.79 Å². The number of nitrogens with one attached hydrogen (secondary N) is 2. The van der Waals surface area contributed by atoms with Crippen molar-refractivity contribution in [2.75, 3.05) is 5.32 Å². The number of benzene rings is 3. The van der Waals surface area contributed by atoms with Crippen LogP contribution in [0.25, 0.3) is 22.6 Å². The van der Waals surface area contributed by atoms with Crippen LogP contribution in [0.5, 0.6) is 0 Å². The summed E-state index contributed by atoms with van der Waals surface area (Å²) in [6.45, 7) is 1.96. The number of anilines is 1. The Morgan fingerprint density at radius 1 is 1.07 bits per heavy atom. The summed E-state index contributed by atoms with van der Waals surface area (Å²) in [4.78, 5) is 16.8. The number of aryl methyl sites for hydroxylation is 1. The van der Waals surface area contributed by atoms with E-state index in [2.05, 4.69) is 15.6 Å². The van der Waals surface area contributed by atoms with Gasteiger partial charge in [-0.15, -0.1) is 0 Å². The third kappa shape index (κ3) is 4.46. The fourth-order valence-corrected chi connectivity index (χ4v) is 3.59. The molecule has 3 aromatic carbocycles. The van der Waals surface area contributed by atoms with E-state index in [1.54, 1.807) is 24.3 Å². The fraction of sp³-hybridized carbons (Fsp3) is 0.0455. The maximum absolute atomic E-state index is 12.3. The molecule has 4 rings (SSSR count). The molecule has 0 bridgehead atoms. The number of hydrogen-bond donors (Lipinski definition) is 2. The van der Waals surface area contributed by atoms with E-state index in [0.717, 1.165) is 11.1 Å². The fourth-order valence-electron chi connectivity index (χ4n) is 2.86. The number of oxazole rings is 1. The second kappa shape index (κ2) is 8.44. The van der Waals surface area contributed by atoms with Crippen LogP contribution < -0.4 is 10.6 Å². The van der Waals surface area contributed by atoms with Gasteiger partial charge in [-0.25, -0.2) is 4.98 Å². The highest BCUT2D eigenvalue weighted by molar-refractivity contribution is 7.80. The van der Waals surface area contributed by atoms with E-state index < -0.39 is 0 Å². The molecule has 1 amide bonds. The van der Waals surface area contributed by atoms with Gasteiger partial charge in [-0.05, 0) is 61.6 Å². The van der Waals surface area contributed by atoms with E-state index in [0.29, 0.717) is 38.3 Å². The minimum Gasteiger partial charge on any atom is -0.435 e. The van der Waals surface area contributed by atoms with Crippen molar-refractivity contribution in [2.45, 2.75) is 6.92 Å². The van der Waals surface area contributed by atoms with Crippen LogP contribution in [-0.2, 0) is 0 Å². The van der Waals surface area contributed by atoms with Crippen LogP contribution in [0, 0.1) is 6.92 Å². The molecule has 1 aromatic heterocycles. The summed E-state index contributed by atoms with van der Waals surface area (Å²) in [5.41, 5.74) is 4.04. The Balaban J connectivity index is 1.51. The molecule has 5 nitrogen and oxygen atoms in total. The molecule has 0 fully saturated rings. The molecule has 30 heavy (non-hydrogen) atoms. The summed E-state index contributed by atoms with van der Waals surface area (Å²) in [5.74, 6) is 0.113. The van der Waals surface area contributed by atoms with Crippen LogP contribution in [0.2, 0.25) is 10.0 Å². The van der Waals surface area contributed by atoms with Gasteiger partial charge >= 0.3 is 0 Å². The van der Waals surface area contributed by atoms with Gasteiger partial charge in [0.2, 0.25) is 5.89 Å². The second-order valence-electron chi connectivity index (χ2n) is 6.61.